The molecule has 6 aromatic carbocycles. The van der Waals surface area contributed by atoms with Crippen LogP contribution < -0.4 is 0 Å². The van der Waals surface area contributed by atoms with Gasteiger partial charge in [-0.3, -0.25) is 0 Å². The summed E-state index contributed by atoms with van der Waals surface area (Å²) in [5.41, 5.74) is 10.8. The molecule has 2 aliphatic carbocycles. The summed E-state index contributed by atoms with van der Waals surface area (Å²) < 4.78 is 0. The molecule has 1 spiro atoms. The number of fused-ring (bicyclic) bond motifs is 13. The lowest BCUT2D eigenvalue weighted by Crippen LogP contribution is -2.26. The number of hydrogen-bond donors (Lipinski definition) is 0. The molecule has 0 amide bonds. The van der Waals surface area contributed by atoms with Crippen LogP contribution >= 0.6 is 0 Å². The third-order valence-electron chi connectivity index (χ3n) is 8.92. The Morgan fingerprint density at radius 2 is 1.03 bits per heavy atom. The van der Waals surface area contributed by atoms with Gasteiger partial charge < -0.3 is 0 Å². The molecule has 0 heteroatoms. The quantitative estimate of drug-likeness (QED) is 0.204. The highest BCUT2D eigenvalue weighted by molar-refractivity contribution is 6.26. The molecule has 0 saturated heterocycles. The maximum atomic E-state index is 2.54. The molecular weight excluding hydrogens is 456 g/mol. The van der Waals surface area contributed by atoms with Crippen LogP contribution in [0.3, 0.4) is 0 Å². The summed E-state index contributed by atoms with van der Waals surface area (Å²) in [5, 5.41) is 7.98. The summed E-state index contributed by atoms with van der Waals surface area (Å²) in [6.07, 6.45) is 5.80. The predicted octanol–water partition coefficient (Wildman–Crippen LogP) is 10.2. The monoisotopic (exact) mass is 484 g/mol. The predicted molar refractivity (Wildman–Crippen MR) is 163 cm³/mol. The first-order valence-corrected chi connectivity index (χ1v) is 13.7. The first-order chi connectivity index (χ1) is 18.8. The topological polar surface area (TPSA) is 0 Å². The molecule has 38 heavy (non-hydrogen) atoms. The van der Waals surface area contributed by atoms with Gasteiger partial charge in [-0.15, -0.1) is 0 Å². The molecule has 0 aromatic heterocycles. The van der Waals surface area contributed by atoms with Crippen molar-refractivity contribution < 1.29 is 0 Å². The fourth-order valence-electron chi connectivity index (χ4n) is 7.57. The Kier molecular flexibility index (Phi) is 4.44. The Morgan fingerprint density at radius 1 is 0.526 bits per heavy atom. The van der Waals surface area contributed by atoms with E-state index in [0.29, 0.717) is 0 Å². The minimum absolute atomic E-state index is 0.304. The van der Waals surface area contributed by atoms with Gasteiger partial charge in [-0.05, 0) is 102 Å². The molecule has 180 valence electrons. The summed E-state index contributed by atoms with van der Waals surface area (Å²) in [5.74, 6) is 0. The Hall–Kier alpha value is -4.42. The average Bonchev–Trinajstić information content (AvgIpc) is 3.42. The van der Waals surface area contributed by atoms with Gasteiger partial charge in [-0.2, -0.15) is 0 Å². The molecule has 8 rings (SSSR count). The highest BCUT2D eigenvalue weighted by Gasteiger charge is 2.53. The second-order valence-electron chi connectivity index (χ2n) is 10.6. The minimum Gasteiger partial charge on any atom is -0.0794 e. The van der Waals surface area contributed by atoms with Crippen LogP contribution in [0.4, 0.5) is 0 Å². The van der Waals surface area contributed by atoms with Gasteiger partial charge in [0.05, 0.1) is 5.41 Å². The van der Waals surface area contributed by atoms with Gasteiger partial charge in [0.2, 0.25) is 0 Å². The van der Waals surface area contributed by atoms with Gasteiger partial charge in [0, 0.05) is 0 Å². The summed E-state index contributed by atoms with van der Waals surface area (Å²) in [6.45, 7) is 4.45. The van der Waals surface area contributed by atoms with Gasteiger partial charge in [0.1, 0.15) is 0 Å². The van der Waals surface area contributed by atoms with E-state index in [2.05, 4.69) is 135 Å². The lowest BCUT2D eigenvalue weighted by Gasteiger charge is -2.31. The highest BCUT2D eigenvalue weighted by Crippen LogP contribution is 2.64. The molecular formula is C38H28. The van der Waals surface area contributed by atoms with Crippen molar-refractivity contribution >= 4 is 37.9 Å². The molecule has 2 aliphatic rings. The van der Waals surface area contributed by atoms with E-state index in [4.69, 9.17) is 0 Å². The van der Waals surface area contributed by atoms with Crippen molar-refractivity contribution in [3.8, 4) is 11.1 Å². The average molecular weight is 485 g/mol. The first kappa shape index (κ1) is 21.6. The lowest BCUT2D eigenvalue weighted by molar-refractivity contribution is 0.790. The molecule has 6 aromatic rings. The van der Waals surface area contributed by atoms with E-state index < -0.39 is 0 Å². The van der Waals surface area contributed by atoms with Crippen molar-refractivity contribution in [2.75, 3.05) is 0 Å². The Labute approximate surface area is 223 Å². The van der Waals surface area contributed by atoms with Gasteiger partial charge >= 0.3 is 0 Å². The van der Waals surface area contributed by atoms with Crippen molar-refractivity contribution in [1.82, 2.24) is 0 Å². The van der Waals surface area contributed by atoms with E-state index in [1.54, 1.807) is 0 Å². The molecule has 0 N–H and O–H groups in total. The number of rotatable bonds is 1. The molecule has 1 unspecified atom stereocenters. The third-order valence-corrected chi connectivity index (χ3v) is 8.92. The molecule has 0 saturated carbocycles. The fraction of sp³-hybridized carbons (Fsp3) is 0.105. The van der Waals surface area contributed by atoms with E-state index in [1.165, 1.54) is 76.8 Å². The fourth-order valence-corrected chi connectivity index (χ4v) is 7.57. The zero-order valence-corrected chi connectivity index (χ0v) is 21.8. The van der Waals surface area contributed by atoms with Crippen LogP contribution in [0.2, 0.25) is 0 Å². The van der Waals surface area contributed by atoms with Crippen molar-refractivity contribution in [3.05, 3.63) is 149 Å². The second-order valence-corrected chi connectivity index (χ2v) is 10.6. The standard InChI is InChI=1S/C38H28/c1-3-13-34-24(4-2)29-18-9-11-20-35(29)38(34)36-21-12-10-19-30(36)33-22-31-27-16-7-5-14-25(27)26-15-6-8-17-28(26)32(31)23-37(33)38/h4-23H,3H2,1-2H3/b24-4-,34-13+. The maximum absolute atomic E-state index is 2.54. The van der Waals surface area contributed by atoms with Gasteiger partial charge in [0.15, 0.2) is 0 Å². The van der Waals surface area contributed by atoms with Crippen LogP contribution in [-0.2, 0) is 5.41 Å². The third kappa shape index (κ3) is 2.50. The van der Waals surface area contributed by atoms with E-state index in [0.717, 1.165) is 6.42 Å². The van der Waals surface area contributed by atoms with Crippen molar-refractivity contribution in [3.63, 3.8) is 0 Å². The maximum Gasteiger partial charge on any atom is 0.0722 e. The van der Waals surface area contributed by atoms with Crippen LogP contribution in [0.25, 0.3) is 49.0 Å². The van der Waals surface area contributed by atoms with Crippen LogP contribution in [0.1, 0.15) is 42.5 Å². The minimum atomic E-state index is -0.304. The molecule has 0 fully saturated rings. The van der Waals surface area contributed by atoms with Gasteiger partial charge in [0.25, 0.3) is 0 Å². The van der Waals surface area contributed by atoms with Crippen LogP contribution in [-0.4, -0.2) is 0 Å². The smallest absolute Gasteiger partial charge is 0.0722 e. The number of hydrogen-bond acceptors (Lipinski definition) is 0. The highest BCUT2D eigenvalue weighted by atomic mass is 14.5. The first-order valence-electron chi connectivity index (χ1n) is 13.7. The van der Waals surface area contributed by atoms with Crippen molar-refractivity contribution in [1.29, 1.82) is 0 Å². The van der Waals surface area contributed by atoms with E-state index >= 15 is 0 Å². The zero-order chi connectivity index (χ0) is 25.4. The van der Waals surface area contributed by atoms with Crippen LogP contribution in [0.5, 0.6) is 0 Å². The second kappa shape index (κ2) is 7.79. The summed E-state index contributed by atoms with van der Waals surface area (Å²) in [7, 11) is 0. The SMILES string of the molecule is C/C=C1\C(=C/CC)C2(c3ccccc31)c1ccccc1-c1cc3c4ccccc4c4ccccc4c3cc12. The van der Waals surface area contributed by atoms with E-state index in [-0.39, 0.29) is 5.41 Å². The normalized spacial score (nSPS) is 19.6. The number of allylic oxidation sites excluding steroid dienone is 4. The molecule has 0 radical (unpaired) electrons. The summed E-state index contributed by atoms with van der Waals surface area (Å²) >= 11 is 0. The molecule has 0 heterocycles. The van der Waals surface area contributed by atoms with Crippen LogP contribution in [0, 0.1) is 0 Å². The lowest BCUT2D eigenvalue weighted by atomic mass is 9.69. The molecule has 0 nitrogen and oxygen atoms in total. The Bertz CT molecular complexity index is 2020. The number of benzene rings is 6. The molecule has 1 atom stereocenters. The van der Waals surface area contributed by atoms with Gasteiger partial charge in [-0.25, -0.2) is 0 Å². The van der Waals surface area contributed by atoms with Gasteiger partial charge in [-0.1, -0.05) is 116 Å². The molecule has 0 aliphatic heterocycles. The van der Waals surface area contributed by atoms with Crippen molar-refractivity contribution in [2.24, 2.45) is 0 Å². The summed E-state index contributed by atoms with van der Waals surface area (Å²) in [6, 6.07) is 41.1. The largest absolute Gasteiger partial charge is 0.0794 e. The Morgan fingerprint density at radius 3 is 1.63 bits per heavy atom. The van der Waals surface area contributed by atoms with E-state index in [9.17, 15) is 0 Å². The zero-order valence-electron chi connectivity index (χ0n) is 21.8. The molecule has 0 bridgehead atoms. The van der Waals surface area contributed by atoms with Crippen molar-refractivity contribution in [2.45, 2.75) is 25.7 Å². The van der Waals surface area contributed by atoms with E-state index in [1.807, 2.05) is 0 Å². The van der Waals surface area contributed by atoms with Crippen LogP contribution in [0.15, 0.2) is 127 Å². The Balaban J connectivity index is 1.62. The summed E-state index contributed by atoms with van der Waals surface area (Å²) in [4.78, 5) is 0.